The summed E-state index contributed by atoms with van der Waals surface area (Å²) in [6.45, 7) is 0. The van der Waals surface area contributed by atoms with Gasteiger partial charge in [0, 0.05) is 23.0 Å². The summed E-state index contributed by atoms with van der Waals surface area (Å²) in [4.78, 5) is 1.21. The van der Waals surface area contributed by atoms with Crippen molar-refractivity contribution in [1.29, 1.82) is 0 Å². The highest BCUT2D eigenvalue weighted by molar-refractivity contribution is 7.99. The summed E-state index contributed by atoms with van der Waals surface area (Å²) < 4.78 is 13.9. The highest BCUT2D eigenvalue weighted by atomic mass is 35.5. The average molecular weight is 309 g/mol. The minimum atomic E-state index is -0.598. The van der Waals surface area contributed by atoms with Gasteiger partial charge >= 0.3 is 0 Å². The number of thioether (sulfide) groups is 1. The Kier molecular flexibility index (Phi) is 4.01. The van der Waals surface area contributed by atoms with Crippen LogP contribution in [0.25, 0.3) is 0 Å². The highest BCUT2D eigenvalue weighted by Crippen LogP contribution is 2.41. The van der Waals surface area contributed by atoms with Crippen LogP contribution in [0.4, 0.5) is 4.39 Å². The highest BCUT2D eigenvalue weighted by Gasteiger charge is 2.29. The van der Waals surface area contributed by atoms with Crippen LogP contribution < -0.4 is 0 Å². The van der Waals surface area contributed by atoms with Crippen LogP contribution in [-0.4, -0.2) is 17.0 Å². The van der Waals surface area contributed by atoms with Crippen molar-refractivity contribution in [2.75, 3.05) is 5.75 Å². The van der Waals surface area contributed by atoms with Gasteiger partial charge in [0.25, 0.3) is 0 Å². The Bertz CT molecular complexity index is 632. The van der Waals surface area contributed by atoms with Gasteiger partial charge in [-0.2, -0.15) is 0 Å². The van der Waals surface area contributed by atoms with Crippen LogP contribution in [0, 0.1) is 5.82 Å². The van der Waals surface area contributed by atoms with E-state index in [1.54, 1.807) is 23.9 Å². The van der Waals surface area contributed by atoms with E-state index in [-0.39, 0.29) is 17.4 Å². The largest absolute Gasteiger partial charge is 0.392 e. The van der Waals surface area contributed by atoms with E-state index in [9.17, 15) is 9.50 Å². The first-order valence-corrected chi connectivity index (χ1v) is 7.86. The van der Waals surface area contributed by atoms with Gasteiger partial charge in [-0.3, -0.25) is 0 Å². The maximum absolute atomic E-state index is 13.9. The molecule has 1 aliphatic rings. The van der Waals surface area contributed by atoms with Gasteiger partial charge in [0.05, 0.1) is 11.1 Å². The molecule has 2 aromatic rings. The third kappa shape index (κ3) is 2.58. The molecule has 20 heavy (non-hydrogen) atoms. The summed E-state index contributed by atoms with van der Waals surface area (Å²) in [7, 11) is 0. The molecule has 0 amide bonds. The molecule has 1 aliphatic heterocycles. The minimum Gasteiger partial charge on any atom is -0.392 e. The van der Waals surface area contributed by atoms with Crippen LogP contribution in [0.15, 0.2) is 47.4 Å². The maximum atomic E-state index is 13.9. The summed E-state index contributed by atoms with van der Waals surface area (Å²) in [5, 5.41) is 10.5. The Balaban J connectivity index is 1.81. The molecule has 3 rings (SSSR count). The SMILES string of the molecule is OC(Cc1cccc(Cl)c1F)C1CSc2ccccc21. The fourth-order valence-electron chi connectivity index (χ4n) is 2.58. The first-order valence-electron chi connectivity index (χ1n) is 6.49. The Labute approximate surface area is 126 Å². The normalized spacial score (nSPS) is 18.9. The summed E-state index contributed by atoms with van der Waals surface area (Å²) in [6.07, 6.45) is -0.314. The molecule has 1 heterocycles. The fourth-order valence-corrected chi connectivity index (χ4v) is 4.10. The molecule has 0 radical (unpaired) electrons. The molecule has 1 nitrogen and oxygen atoms in total. The molecule has 0 aliphatic carbocycles. The van der Waals surface area contributed by atoms with E-state index in [1.165, 1.54) is 11.0 Å². The predicted molar refractivity (Wildman–Crippen MR) is 81.0 cm³/mol. The molecule has 104 valence electrons. The number of benzene rings is 2. The third-order valence-electron chi connectivity index (χ3n) is 3.66. The van der Waals surface area contributed by atoms with E-state index in [1.807, 2.05) is 18.2 Å². The standard InChI is InChI=1S/C16H14ClFOS/c17-13-6-3-4-10(16(13)18)8-14(19)12-9-20-15-7-2-1-5-11(12)15/h1-7,12,14,19H,8-9H2. The number of hydrogen-bond acceptors (Lipinski definition) is 2. The number of aliphatic hydroxyl groups is 1. The Morgan fingerprint density at radius 1 is 1.25 bits per heavy atom. The van der Waals surface area contributed by atoms with Crippen molar-refractivity contribution in [3.8, 4) is 0 Å². The first kappa shape index (κ1) is 13.9. The molecule has 0 aromatic heterocycles. The van der Waals surface area contributed by atoms with Crippen molar-refractivity contribution >= 4 is 23.4 Å². The van der Waals surface area contributed by atoms with Crippen molar-refractivity contribution in [2.24, 2.45) is 0 Å². The van der Waals surface area contributed by atoms with E-state index < -0.39 is 11.9 Å². The van der Waals surface area contributed by atoms with Gasteiger partial charge in [0.1, 0.15) is 5.82 Å². The smallest absolute Gasteiger partial charge is 0.145 e. The van der Waals surface area contributed by atoms with Crippen LogP contribution in [0.5, 0.6) is 0 Å². The van der Waals surface area contributed by atoms with E-state index in [4.69, 9.17) is 11.6 Å². The second-order valence-corrected chi connectivity index (χ2v) is 6.41. The summed E-state index contributed by atoms with van der Waals surface area (Å²) in [5.74, 6) is 0.463. The summed E-state index contributed by atoms with van der Waals surface area (Å²) in [6, 6.07) is 13.0. The lowest BCUT2D eigenvalue weighted by Gasteiger charge is -2.19. The summed E-state index contributed by atoms with van der Waals surface area (Å²) >= 11 is 7.52. The molecule has 0 saturated carbocycles. The van der Waals surface area contributed by atoms with Gasteiger partial charge < -0.3 is 5.11 Å². The number of rotatable bonds is 3. The van der Waals surface area contributed by atoms with Gasteiger partial charge in [0.15, 0.2) is 0 Å². The molecule has 0 saturated heterocycles. The Morgan fingerprint density at radius 3 is 2.90 bits per heavy atom. The predicted octanol–water partition coefficient (Wildman–Crippen LogP) is 4.27. The molecule has 0 bridgehead atoms. The van der Waals surface area contributed by atoms with Crippen LogP contribution in [0.3, 0.4) is 0 Å². The zero-order valence-corrected chi connectivity index (χ0v) is 12.3. The van der Waals surface area contributed by atoms with Crippen molar-refractivity contribution in [1.82, 2.24) is 0 Å². The molecule has 0 fully saturated rings. The number of hydrogen-bond donors (Lipinski definition) is 1. The zero-order chi connectivity index (χ0) is 14.1. The van der Waals surface area contributed by atoms with Crippen LogP contribution in [0.1, 0.15) is 17.0 Å². The van der Waals surface area contributed by atoms with E-state index in [0.717, 1.165) is 11.3 Å². The zero-order valence-electron chi connectivity index (χ0n) is 10.7. The molecule has 2 atom stereocenters. The monoisotopic (exact) mass is 308 g/mol. The van der Waals surface area contributed by atoms with Gasteiger partial charge in [-0.15, -0.1) is 11.8 Å². The molecular formula is C16H14ClFOS. The van der Waals surface area contributed by atoms with Crippen molar-refractivity contribution < 1.29 is 9.50 Å². The van der Waals surface area contributed by atoms with Crippen LogP contribution in [-0.2, 0) is 6.42 Å². The molecule has 1 N–H and O–H groups in total. The van der Waals surface area contributed by atoms with Gasteiger partial charge in [-0.1, -0.05) is 41.9 Å². The first-order chi connectivity index (χ1) is 9.66. The summed E-state index contributed by atoms with van der Waals surface area (Å²) in [5.41, 5.74) is 1.63. The number of aliphatic hydroxyl groups excluding tert-OH is 1. The fraction of sp³-hybridized carbons (Fsp3) is 0.250. The van der Waals surface area contributed by atoms with Crippen LogP contribution in [0.2, 0.25) is 5.02 Å². The second-order valence-electron chi connectivity index (χ2n) is 4.94. The lowest BCUT2D eigenvalue weighted by atomic mass is 9.91. The van der Waals surface area contributed by atoms with Crippen molar-refractivity contribution in [3.63, 3.8) is 0 Å². The minimum absolute atomic E-state index is 0.0505. The number of halogens is 2. The number of fused-ring (bicyclic) bond motifs is 1. The lowest BCUT2D eigenvalue weighted by molar-refractivity contribution is 0.150. The van der Waals surface area contributed by atoms with Gasteiger partial charge in [0.2, 0.25) is 0 Å². The average Bonchev–Trinajstić information content (AvgIpc) is 2.88. The van der Waals surface area contributed by atoms with Gasteiger partial charge in [-0.05, 0) is 23.3 Å². The van der Waals surface area contributed by atoms with E-state index in [2.05, 4.69) is 6.07 Å². The van der Waals surface area contributed by atoms with E-state index >= 15 is 0 Å². The Morgan fingerprint density at radius 2 is 2.05 bits per heavy atom. The second kappa shape index (κ2) is 5.76. The van der Waals surface area contributed by atoms with Crippen molar-refractivity contribution in [2.45, 2.75) is 23.3 Å². The Hall–Kier alpha value is -1.03. The van der Waals surface area contributed by atoms with E-state index in [0.29, 0.717) is 5.56 Å². The van der Waals surface area contributed by atoms with Gasteiger partial charge in [-0.25, -0.2) is 4.39 Å². The quantitative estimate of drug-likeness (QED) is 0.913. The van der Waals surface area contributed by atoms with Crippen molar-refractivity contribution in [3.05, 3.63) is 64.4 Å². The maximum Gasteiger partial charge on any atom is 0.145 e. The molecular weight excluding hydrogens is 295 g/mol. The third-order valence-corrected chi connectivity index (χ3v) is 5.16. The lowest BCUT2D eigenvalue weighted by Crippen LogP contribution is -2.21. The molecule has 4 heteroatoms. The molecule has 0 spiro atoms. The topological polar surface area (TPSA) is 20.2 Å². The molecule has 2 aromatic carbocycles. The molecule has 2 unspecified atom stereocenters. The van der Waals surface area contributed by atoms with Crippen LogP contribution >= 0.6 is 23.4 Å².